The fraction of sp³-hybridized carbons (Fsp3) is 0.647. The molecule has 1 aromatic rings. The molecule has 0 fully saturated rings. The average molecular weight is 262 g/mol. The Hall–Kier alpha value is -0.860. The van der Waals surface area contributed by atoms with Crippen molar-refractivity contribution >= 4 is 0 Å². The molecule has 2 heteroatoms. The minimum Gasteiger partial charge on any atom is -0.313 e. The van der Waals surface area contributed by atoms with Crippen LogP contribution in [0.5, 0.6) is 0 Å². The summed E-state index contributed by atoms with van der Waals surface area (Å²) >= 11 is 0. The van der Waals surface area contributed by atoms with E-state index in [4.69, 9.17) is 0 Å². The number of likely N-dealkylation sites (N-methyl/N-ethyl adjacent to an activating group) is 1. The van der Waals surface area contributed by atoms with E-state index in [1.807, 2.05) is 0 Å². The fourth-order valence-electron chi connectivity index (χ4n) is 2.25. The van der Waals surface area contributed by atoms with Crippen LogP contribution in [-0.2, 0) is 6.42 Å². The van der Waals surface area contributed by atoms with E-state index in [2.05, 4.69) is 61.3 Å². The van der Waals surface area contributed by atoms with Gasteiger partial charge in [0.1, 0.15) is 0 Å². The first-order valence-electron chi connectivity index (χ1n) is 7.72. The number of nitrogens with zero attached hydrogens (tertiary/aromatic N) is 1. The molecule has 1 rings (SSSR count). The summed E-state index contributed by atoms with van der Waals surface area (Å²) in [5.74, 6) is 0. The van der Waals surface area contributed by atoms with Gasteiger partial charge in [-0.1, -0.05) is 51.1 Å². The van der Waals surface area contributed by atoms with Gasteiger partial charge in [0.25, 0.3) is 0 Å². The largest absolute Gasteiger partial charge is 0.313 e. The van der Waals surface area contributed by atoms with E-state index in [-0.39, 0.29) is 0 Å². The molecule has 108 valence electrons. The summed E-state index contributed by atoms with van der Waals surface area (Å²) in [6, 6.07) is 11.4. The quantitative estimate of drug-likeness (QED) is 0.651. The molecule has 0 aliphatic rings. The maximum atomic E-state index is 3.48. The molecule has 0 atom stereocenters. The molecule has 1 N–H and O–H groups in total. The lowest BCUT2D eigenvalue weighted by Crippen LogP contribution is -2.35. The fourth-order valence-corrected chi connectivity index (χ4v) is 2.25. The van der Waals surface area contributed by atoms with E-state index in [0.717, 1.165) is 13.1 Å². The van der Waals surface area contributed by atoms with Gasteiger partial charge in [-0.25, -0.2) is 0 Å². The Labute approximate surface area is 119 Å². The van der Waals surface area contributed by atoms with Gasteiger partial charge in [0.15, 0.2) is 0 Å². The van der Waals surface area contributed by atoms with Crippen molar-refractivity contribution in [2.75, 3.05) is 26.2 Å². The van der Waals surface area contributed by atoms with Crippen molar-refractivity contribution in [3.05, 3.63) is 35.9 Å². The summed E-state index contributed by atoms with van der Waals surface area (Å²) in [5.41, 5.74) is 1.46. The molecular formula is C17H30N2. The van der Waals surface area contributed by atoms with Crippen molar-refractivity contribution in [1.82, 2.24) is 10.2 Å². The summed E-state index contributed by atoms with van der Waals surface area (Å²) in [6.07, 6.45) is 3.80. The first kappa shape index (κ1) is 16.2. The Morgan fingerprint density at radius 1 is 1.05 bits per heavy atom. The Kier molecular flexibility index (Phi) is 8.52. The molecule has 0 unspecified atom stereocenters. The van der Waals surface area contributed by atoms with Crippen molar-refractivity contribution in [3.63, 3.8) is 0 Å². The summed E-state index contributed by atoms with van der Waals surface area (Å²) < 4.78 is 0. The summed E-state index contributed by atoms with van der Waals surface area (Å²) in [4.78, 5) is 2.54. The molecule has 0 amide bonds. The van der Waals surface area contributed by atoms with E-state index < -0.39 is 0 Å². The minimum absolute atomic E-state index is 0.594. The highest BCUT2D eigenvalue weighted by molar-refractivity contribution is 5.14. The number of hydrogen-bond acceptors (Lipinski definition) is 2. The van der Waals surface area contributed by atoms with Crippen LogP contribution in [-0.4, -0.2) is 37.1 Å². The third-order valence-corrected chi connectivity index (χ3v) is 3.46. The van der Waals surface area contributed by atoms with Crippen LogP contribution in [0.15, 0.2) is 30.3 Å². The SMILES string of the molecule is CCN(CCCCc1ccccc1)CCNC(C)C. The average Bonchev–Trinajstić information content (AvgIpc) is 2.42. The predicted octanol–water partition coefficient (Wildman–Crippen LogP) is 3.33. The maximum Gasteiger partial charge on any atom is 0.0107 e. The molecule has 0 spiro atoms. The van der Waals surface area contributed by atoms with Crippen molar-refractivity contribution < 1.29 is 0 Å². The van der Waals surface area contributed by atoms with Gasteiger partial charge in [0.2, 0.25) is 0 Å². The van der Waals surface area contributed by atoms with Crippen LogP contribution in [0, 0.1) is 0 Å². The summed E-state index contributed by atoms with van der Waals surface area (Å²) in [5, 5.41) is 3.48. The molecular weight excluding hydrogens is 232 g/mol. The first-order valence-corrected chi connectivity index (χ1v) is 7.72. The molecule has 0 aromatic heterocycles. The highest BCUT2D eigenvalue weighted by atomic mass is 15.1. The van der Waals surface area contributed by atoms with Crippen molar-refractivity contribution in [2.24, 2.45) is 0 Å². The van der Waals surface area contributed by atoms with Crippen molar-refractivity contribution in [3.8, 4) is 0 Å². The van der Waals surface area contributed by atoms with Gasteiger partial charge in [0.05, 0.1) is 0 Å². The molecule has 0 bridgehead atoms. The molecule has 0 aliphatic heterocycles. The van der Waals surface area contributed by atoms with Crippen LogP contribution in [0.4, 0.5) is 0 Å². The lowest BCUT2D eigenvalue weighted by atomic mass is 10.1. The highest BCUT2D eigenvalue weighted by Crippen LogP contribution is 2.05. The molecule has 19 heavy (non-hydrogen) atoms. The summed E-state index contributed by atoms with van der Waals surface area (Å²) in [7, 11) is 0. The number of benzene rings is 1. The van der Waals surface area contributed by atoms with E-state index in [0.29, 0.717) is 6.04 Å². The minimum atomic E-state index is 0.594. The zero-order valence-electron chi connectivity index (χ0n) is 12.9. The number of hydrogen-bond donors (Lipinski definition) is 1. The van der Waals surface area contributed by atoms with Crippen molar-refractivity contribution in [1.29, 1.82) is 0 Å². The van der Waals surface area contributed by atoms with Crippen LogP contribution in [0.2, 0.25) is 0 Å². The lowest BCUT2D eigenvalue weighted by Gasteiger charge is -2.21. The Balaban J connectivity index is 2.09. The number of rotatable bonds is 10. The van der Waals surface area contributed by atoms with Gasteiger partial charge in [-0.05, 0) is 37.9 Å². The Morgan fingerprint density at radius 3 is 2.42 bits per heavy atom. The van der Waals surface area contributed by atoms with Gasteiger partial charge in [-0.3, -0.25) is 0 Å². The Bertz CT molecular complexity index is 308. The van der Waals surface area contributed by atoms with Crippen LogP contribution in [0.25, 0.3) is 0 Å². The smallest absolute Gasteiger partial charge is 0.0107 e. The van der Waals surface area contributed by atoms with Crippen LogP contribution >= 0.6 is 0 Å². The molecule has 0 aliphatic carbocycles. The topological polar surface area (TPSA) is 15.3 Å². The molecule has 0 heterocycles. The zero-order valence-corrected chi connectivity index (χ0v) is 12.9. The van der Waals surface area contributed by atoms with E-state index >= 15 is 0 Å². The van der Waals surface area contributed by atoms with Crippen LogP contribution in [0.3, 0.4) is 0 Å². The van der Waals surface area contributed by atoms with Gasteiger partial charge >= 0.3 is 0 Å². The zero-order chi connectivity index (χ0) is 13.9. The summed E-state index contributed by atoms with van der Waals surface area (Å²) in [6.45, 7) is 11.3. The van der Waals surface area contributed by atoms with E-state index in [1.165, 1.54) is 37.9 Å². The molecule has 1 aromatic carbocycles. The second-order valence-electron chi connectivity index (χ2n) is 5.49. The van der Waals surface area contributed by atoms with E-state index in [9.17, 15) is 0 Å². The molecule has 0 saturated carbocycles. The third-order valence-electron chi connectivity index (χ3n) is 3.46. The van der Waals surface area contributed by atoms with Crippen LogP contribution in [0.1, 0.15) is 39.2 Å². The van der Waals surface area contributed by atoms with Gasteiger partial charge in [-0.15, -0.1) is 0 Å². The standard InChI is InChI=1S/C17H30N2/c1-4-19(15-13-18-16(2)3)14-9-8-12-17-10-6-5-7-11-17/h5-7,10-11,16,18H,4,8-9,12-15H2,1-3H3. The second-order valence-corrected chi connectivity index (χ2v) is 5.49. The third kappa shape index (κ3) is 8.02. The number of aryl methyl sites for hydroxylation is 1. The van der Waals surface area contributed by atoms with Crippen molar-refractivity contribution in [2.45, 2.75) is 46.1 Å². The maximum absolute atomic E-state index is 3.48. The van der Waals surface area contributed by atoms with Crippen LogP contribution < -0.4 is 5.32 Å². The predicted molar refractivity (Wildman–Crippen MR) is 84.6 cm³/mol. The Morgan fingerprint density at radius 2 is 1.79 bits per heavy atom. The number of unbranched alkanes of at least 4 members (excludes halogenated alkanes) is 1. The van der Waals surface area contributed by atoms with Gasteiger partial charge in [-0.2, -0.15) is 0 Å². The highest BCUT2D eigenvalue weighted by Gasteiger charge is 2.02. The first-order chi connectivity index (χ1) is 9.22. The molecule has 2 nitrogen and oxygen atoms in total. The second kappa shape index (κ2) is 9.99. The van der Waals surface area contributed by atoms with E-state index in [1.54, 1.807) is 0 Å². The van der Waals surface area contributed by atoms with Gasteiger partial charge in [0, 0.05) is 19.1 Å². The monoisotopic (exact) mass is 262 g/mol. The lowest BCUT2D eigenvalue weighted by molar-refractivity contribution is 0.278. The normalized spacial score (nSPS) is 11.4. The molecule has 0 radical (unpaired) electrons. The van der Waals surface area contributed by atoms with Gasteiger partial charge < -0.3 is 10.2 Å². The number of nitrogens with one attached hydrogen (secondary N) is 1. The molecule has 0 saturated heterocycles.